The highest BCUT2D eigenvalue weighted by Crippen LogP contribution is 2.33. The molecule has 13 heteroatoms. The Labute approximate surface area is 308 Å². The zero-order valence-corrected chi connectivity index (χ0v) is 32.7. The molecule has 0 radical (unpaired) electrons. The summed E-state index contributed by atoms with van der Waals surface area (Å²) < 4.78 is 19.6. The summed E-state index contributed by atoms with van der Waals surface area (Å²) >= 11 is 0. The molecule has 4 aromatic rings. The SMILES string of the molecule is CC(C)(C)OC(=O)N1CCN(CCc2ccnc(C=Nc3ccc(-c4cc5c(N6CCOCC6)ncnc5n4COCC[Si](C)(C)C)cc3)c2)CC1. The quantitative estimate of drug-likeness (QED) is 0.0920. The molecule has 2 aliphatic rings. The second-order valence-corrected chi connectivity index (χ2v) is 21.4. The molecule has 2 aliphatic heterocycles. The van der Waals surface area contributed by atoms with Gasteiger partial charge in [-0.2, -0.15) is 0 Å². The lowest BCUT2D eigenvalue weighted by atomic mass is 10.1. The molecule has 0 atom stereocenters. The smallest absolute Gasteiger partial charge is 0.410 e. The lowest BCUT2D eigenvalue weighted by molar-refractivity contribution is 0.0146. The van der Waals surface area contributed by atoms with Gasteiger partial charge in [0.2, 0.25) is 0 Å². The van der Waals surface area contributed by atoms with Gasteiger partial charge in [-0.05, 0) is 74.7 Å². The fourth-order valence-corrected chi connectivity index (χ4v) is 7.09. The highest BCUT2D eigenvalue weighted by Gasteiger charge is 2.26. The zero-order chi connectivity index (χ0) is 36.7. The van der Waals surface area contributed by atoms with Crippen LogP contribution in [0, 0.1) is 0 Å². The van der Waals surface area contributed by atoms with Gasteiger partial charge < -0.3 is 28.6 Å². The molecular formula is C39H54N8O4Si. The number of rotatable bonds is 12. The summed E-state index contributed by atoms with van der Waals surface area (Å²) in [6, 6.07) is 15.7. The molecule has 1 aromatic carbocycles. The number of hydrogen-bond donors (Lipinski definition) is 0. The van der Waals surface area contributed by atoms with Gasteiger partial charge in [-0.25, -0.2) is 14.8 Å². The number of benzene rings is 1. The Bertz CT molecular complexity index is 1820. The van der Waals surface area contributed by atoms with Crippen LogP contribution in [-0.2, 0) is 27.4 Å². The number of ether oxygens (including phenoxy) is 3. The number of aliphatic imine (C=N–C) groups is 1. The van der Waals surface area contributed by atoms with E-state index in [1.54, 1.807) is 11.2 Å². The summed E-state index contributed by atoms with van der Waals surface area (Å²) in [4.78, 5) is 37.6. The van der Waals surface area contributed by atoms with Crippen molar-refractivity contribution in [2.75, 3.05) is 70.5 Å². The maximum Gasteiger partial charge on any atom is 0.410 e. The Balaban J connectivity index is 1.11. The number of fused-ring (bicyclic) bond motifs is 1. The molecule has 52 heavy (non-hydrogen) atoms. The van der Waals surface area contributed by atoms with Crippen LogP contribution in [0.5, 0.6) is 0 Å². The van der Waals surface area contributed by atoms with Crippen molar-refractivity contribution in [2.24, 2.45) is 4.99 Å². The predicted molar refractivity (Wildman–Crippen MR) is 210 cm³/mol. The van der Waals surface area contributed by atoms with Crippen molar-refractivity contribution >= 4 is 42.9 Å². The van der Waals surface area contributed by atoms with Gasteiger partial charge in [0.15, 0.2) is 0 Å². The average molecular weight is 727 g/mol. The number of morpholine rings is 1. The van der Waals surface area contributed by atoms with Crippen LogP contribution < -0.4 is 4.90 Å². The Morgan fingerprint density at radius 2 is 1.71 bits per heavy atom. The summed E-state index contributed by atoms with van der Waals surface area (Å²) in [6.45, 7) is 20.9. The standard InChI is InChI=1S/C39H54N8O4Si/c1-39(2,3)51-38(48)46-17-15-44(16-18-46)14-12-30-11-13-40-33(25-30)27-41-32-9-7-31(8-10-32)35-26-34-36(45-19-21-49-22-20-45)42-28-43-37(34)47(35)29-50-23-24-52(4,5)6/h7-11,13,25-28H,12,14-24,29H2,1-6H3. The topological polar surface area (TPSA) is 110 Å². The molecule has 0 spiro atoms. The fourth-order valence-electron chi connectivity index (χ4n) is 6.33. The summed E-state index contributed by atoms with van der Waals surface area (Å²) in [5.41, 5.74) is 5.37. The number of aromatic nitrogens is 4. The minimum absolute atomic E-state index is 0.228. The van der Waals surface area contributed by atoms with Crippen LogP contribution in [0.4, 0.5) is 16.3 Å². The largest absolute Gasteiger partial charge is 0.444 e. The third-order valence-corrected chi connectivity index (χ3v) is 11.0. The molecule has 12 nitrogen and oxygen atoms in total. The van der Waals surface area contributed by atoms with Gasteiger partial charge in [0.1, 0.15) is 30.1 Å². The molecule has 2 saturated heterocycles. The highest BCUT2D eigenvalue weighted by molar-refractivity contribution is 6.76. The lowest BCUT2D eigenvalue weighted by Crippen LogP contribution is -2.50. The molecular weight excluding hydrogens is 673 g/mol. The highest BCUT2D eigenvalue weighted by atomic mass is 28.3. The summed E-state index contributed by atoms with van der Waals surface area (Å²) in [6.07, 6.45) is 6.00. The summed E-state index contributed by atoms with van der Waals surface area (Å²) in [5.74, 6) is 0.937. The molecule has 6 rings (SSSR count). The van der Waals surface area contributed by atoms with E-state index < -0.39 is 13.7 Å². The predicted octanol–water partition coefficient (Wildman–Crippen LogP) is 6.49. The normalized spacial score (nSPS) is 16.3. The number of amides is 1. The van der Waals surface area contributed by atoms with Crippen molar-refractivity contribution in [1.29, 1.82) is 0 Å². The van der Waals surface area contributed by atoms with Gasteiger partial charge in [0.05, 0.1) is 41.9 Å². The Kier molecular flexibility index (Phi) is 12.0. The summed E-state index contributed by atoms with van der Waals surface area (Å²) in [5, 5.41) is 1.02. The van der Waals surface area contributed by atoms with Gasteiger partial charge >= 0.3 is 6.09 Å². The number of piperazine rings is 1. The molecule has 0 saturated carbocycles. The lowest BCUT2D eigenvalue weighted by Gasteiger charge is -2.35. The average Bonchev–Trinajstić information content (AvgIpc) is 3.50. The molecule has 5 heterocycles. The van der Waals surface area contributed by atoms with Crippen LogP contribution in [0.1, 0.15) is 32.0 Å². The van der Waals surface area contributed by atoms with Gasteiger partial charge in [-0.15, -0.1) is 0 Å². The van der Waals surface area contributed by atoms with Crippen molar-refractivity contribution in [1.82, 2.24) is 29.3 Å². The monoisotopic (exact) mass is 726 g/mol. The number of nitrogens with zero attached hydrogens (tertiary/aromatic N) is 8. The van der Waals surface area contributed by atoms with Crippen molar-refractivity contribution in [3.05, 3.63) is 66.2 Å². The molecule has 3 aromatic heterocycles. The van der Waals surface area contributed by atoms with E-state index in [4.69, 9.17) is 29.2 Å². The van der Waals surface area contributed by atoms with E-state index in [2.05, 4.69) is 69.3 Å². The van der Waals surface area contributed by atoms with Gasteiger partial charge in [-0.3, -0.25) is 14.9 Å². The minimum atomic E-state index is -1.22. The number of anilines is 1. The van der Waals surface area contributed by atoms with Crippen LogP contribution in [0.3, 0.4) is 0 Å². The van der Waals surface area contributed by atoms with E-state index in [1.807, 2.05) is 45.3 Å². The molecule has 0 unspecified atom stereocenters. The van der Waals surface area contributed by atoms with Gasteiger partial charge in [-0.1, -0.05) is 31.8 Å². The van der Waals surface area contributed by atoms with Gasteiger partial charge in [0, 0.05) is 66.7 Å². The van der Waals surface area contributed by atoms with E-state index >= 15 is 0 Å². The Hall–Kier alpha value is -4.17. The van der Waals surface area contributed by atoms with Crippen LogP contribution in [-0.4, -0.2) is 121 Å². The van der Waals surface area contributed by atoms with Crippen LogP contribution in [0.25, 0.3) is 22.3 Å². The first kappa shape index (κ1) is 37.6. The van der Waals surface area contributed by atoms with Crippen molar-refractivity contribution in [2.45, 2.75) is 65.2 Å². The molecule has 1 amide bonds. The number of carbonyl (C=O) groups excluding carboxylic acids is 1. The van der Waals surface area contributed by atoms with E-state index in [9.17, 15) is 4.79 Å². The van der Waals surface area contributed by atoms with E-state index in [0.29, 0.717) is 33.0 Å². The molecule has 278 valence electrons. The van der Waals surface area contributed by atoms with Gasteiger partial charge in [0.25, 0.3) is 0 Å². The third-order valence-electron chi connectivity index (χ3n) is 9.29. The molecule has 2 fully saturated rings. The first-order valence-corrected chi connectivity index (χ1v) is 22.2. The number of pyridine rings is 1. The number of carbonyl (C=O) groups is 1. The maximum absolute atomic E-state index is 12.4. The second-order valence-electron chi connectivity index (χ2n) is 15.8. The van der Waals surface area contributed by atoms with Crippen molar-refractivity contribution in [3.8, 4) is 11.3 Å². The third kappa shape index (κ3) is 10.2. The van der Waals surface area contributed by atoms with Crippen LogP contribution in [0.2, 0.25) is 25.7 Å². The van der Waals surface area contributed by atoms with Crippen molar-refractivity contribution in [3.63, 3.8) is 0 Å². The molecule has 0 aliphatic carbocycles. The number of hydrogen-bond acceptors (Lipinski definition) is 10. The van der Waals surface area contributed by atoms with E-state index in [-0.39, 0.29) is 6.09 Å². The first-order valence-electron chi connectivity index (χ1n) is 18.5. The fraction of sp³-hybridized carbons (Fsp3) is 0.513. The van der Waals surface area contributed by atoms with Crippen LogP contribution >= 0.6 is 0 Å². The summed E-state index contributed by atoms with van der Waals surface area (Å²) in [7, 11) is -1.22. The van der Waals surface area contributed by atoms with Crippen molar-refractivity contribution < 1.29 is 19.0 Å². The maximum atomic E-state index is 12.4. The first-order chi connectivity index (χ1) is 24.9. The van der Waals surface area contributed by atoms with Crippen LogP contribution in [0.15, 0.2) is 60.0 Å². The molecule has 0 N–H and O–H groups in total. The molecule has 0 bridgehead atoms. The Morgan fingerprint density at radius 3 is 2.42 bits per heavy atom. The second kappa shape index (κ2) is 16.7. The Morgan fingerprint density at radius 1 is 0.962 bits per heavy atom. The van der Waals surface area contributed by atoms with E-state index in [0.717, 1.165) is 91.3 Å². The zero-order valence-electron chi connectivity index (χ0n) is 31.7. The van der Waals surface area contributed by atoms with E-state index in [1.165, 1.54) is 5.56 Å². The minimum Gasteiger partial charge on any atom is -0.444 e.